The van der Waals surface area contributed by atoms with Crippen molar-refractivity contribution in [3.63, 3.8) is 0 Å². The minimum absolute atomic E-state index is 0.166. The van der Waals surface area contributed by atoms with Crippen molar-refractivity contribution in [3.8, 4) is 0 Å². The number of aryl methyl sites for hydroxylation is 1. The molecule has 2 heteroatoms. The molecule has 0 radical (unpaired) electrons. The number of nitrogens with one attached hydrogen (secondary N) is 1. The highest BCUT2D eigenvalue weighted by Crippen LogP contribution is 2.34. The van der Waals surface area contributed by atoms with Crippen LogP contribution in [0, 0.1) is 18.7 Å². The molecule has 14 heavy (non-hydrogen) atoms. The summed E-state index contributed by atoms with van der Waals surface area (Å²) in [4.78, 5) is 0. The Hall–Kier alpha value is -1.05. The van der Waals surface area contributed by atoms with Crippen LogP contribution in [0.3, 0.4) is 0 Å². The first kappa shape index (κ1) is 9.50. The molecule has 1 aromatic carbocycles. The summed E-state index contributed by atoms with van der Waals surface area (Å²) >= 11 is 0. The predicted molar refractivity (Wildman–Crippen MR) is 56.9 cm³/mol. The van der Waals surface area contributed by atoms with Crippen molar-refractivity contribution in [1.29, 1.82) is 0 Å². The summed E-state index contributed by atoms with van der Waals surface area (Å²) in [5, 5.41) is 3.37. The molecule has 0 aliphatic heterocycles. The van der Waals surface area contributed by atoms with Crippen LogP contribution in [0.15, 0.2) is 18.2 Å². The zero-order valence-corrected chi connectivity index (χ0v) is 8.68. The van der Waals surface area contributed by atoms with Crippen LogP contribution in [0.4, 0.5) is 10.1 Å². The van der Waals surface area contributed by atoms with Gasteiger partial charge in [0.2, 0.25) is 0 Å². The van der Waals surface area contributed by atoms with Crippen molar-refractivity contribution in [3.05, 3.63) is 29.6 Å². The van der Waals surface area contributed by atoms with Gasteiger partial charge in [0.15, 0.2) is 0 Å². The number of rotatable bonds is 3. The first-order chi connectivity index (χ1) is 6.66. The molecule has 1 saturated carbocycles. The second-order valence-corrected chi connectivity index (χ2v) is 4.23. The molecular weight excluding hydrogens is 177 g/mol. The van der Waals surface area contributed by atoms with E-state index < -0.39 is 0 Å². The number of hydrogen-bond acceptors (Lipinski definition) is 1. The highest BCUT2D eigenvalue weighted by Gasteiger charge is 2.27. The standard InChI is InChI=1S/C12H16FN/c1-8-3-6-11(13)7-12(8)14-9(2)10-4-5-10/h3,6-7,9-10,14H,4-5H2,1-2H3/t9-/m1/s1. The molecule has 0 spiro atoms. The van der Waals surface area contributed by atoms with E-state index in [1.54, 1.807) is 6.07 Å². The molecule has 0 aromatic heterocycles. The Bertz CT molecular complexity index is 331. The van der Waals surface area contributed by atoms with Crippen LogP contribution in [-0.4, -0.2) is 6.04 Å². The number of anilines is 1. The predicted octanol–water partition coefficient (Wildman–Crippen LogP) is 3.34. The van der Waals surface area contributed by atoms with Gasteiger partial charge in [-0.25, -0.2) is 4.39 Å². The van der Waals surface area contributed by atoms with E-state index in [9.17, 15) is 4.39 Å². The van der Waals surface area contributed by atoms with Gasteiger partial charge in [-0.15, -0.1) is 0 Å². The van der Waals surface area contributed by atoms with E-state index in [1.807, 2.05) is 13.0 Å². The van der Waals surface area contributed by atoms with Gasteiger partial charge in [0, 0.05) is 11.7 Å². The van der Waals surface area contributed by atoms with Crippen LogP contribution in [0.1, 0.15) is 25.3 Å². The molecular formula is C12H16FN. The molecule has 0 heterocycles. The normalized spacial score (nSPS) is 17.9. The van der Waals surface area contributed by atoms with Crippen LogP contribution in [0.5, 0.6) is 0 Å². The summed E-state index contributed by atoms with van der Waals surface area (Å²) in [6, 6.07) is 5.36. The van der Waals surface area contributed by atoms with Gasteiger partial charge in [0.1, 0.15) is 5.82 Å². The van der Waals surface area contributed by atoms with Gasteiger partial charge in [0.25, 0.3) is 0 Å². The van der Waals surface area contributed by atoms with Crippen LogP contribution >= 0.6 is 0 Å². The summed E-state index contributed by atoms with van der Waals surface area (Å²) in [7, 11) is 0. The molecule has 0 amide bonds. The molecule has 0 unspecified atom stereocenters. The van der Waals surface area contributed by atoms with Gasteiger partial charge in [-0.2, -0.15) is 0 Å². The first-order valence-electron chi connectivity index (χ1n) is 5.19. The fourth-order valence-electron chi connectivity index (χ4n) is 1.71. The second-order valence-electron chi connectivity index (χ2n) is 4.23. The van der Waals surface area contributed by atoms with Crippen molar-refractivity contribution in [2.75, 3.05) is 5.32 Å². The van der Waals surface area contributed by atoms with E-state index in [-0.39, 0.29) is 5.82 Å². The third-order valence-corrected chi connectivity index (χ3v) is 2.91. The molecule has 1 N–H and O–H groups in total. The van der Waals surface area contributed by atoms with Gasteiger partial charge < -0.3 is 5.32 Å². The summed E-state index contributed by atoms with van der Waals surface area (Å²) in [5.74, 6) is 0.624. The zero-order valence-electron chi connectivity index (χ0n) is 8.68. The van der Waals surface area contributed by atoms with Crippen LogP contribution in [0.25, 0.3) is 0 Å². The third kappa shape index (κ3) is 2.06. The maximum Gasteiger partial charge on any atom is 0.125 e. The highest BCUT2D eigenvalue weighted by molar-refractivity contribution is 5.51. The lowest BCUT2D eigenvalue weighted by atomic mass is 10.1. The smallest absolute Gasteiger partial charge is 0.125 e. The summed E-state index contributed by atoms with van der Waals surface area (Å²) < 4.78 is 13.0. The topological polar surface area (TPSA) is 12.0 Å². The van der Waals surface area contributed by atoms with Gasteiger partial charge in [-0.3, -0.25) is 0 Å². The Morgan fingerprint density at radius 1 is 1.43 bits per heavy atom. The van der Waals surface area contributed by atoms with Gasteiger partial charge >= 0.3 is 0 Å². The maximum absolute atomic E-state index is 13.0. The summed E-state index contributed by atoms with van der Waals surface area (Å²) in [6.07, 6.45) is 2.62. The van der Waals surface area contributed by atoms with E-state index in [4.69, 9.17) is 0 Å². The first-order valence-corrected chi connectivity index (χ1v) is 5.19. The van der Waals surface area contributed by atoms with E-state index in [0.29, 0.717) is 6.04 Å². The molecule has 1 fully saturated rings. The number of halogens is 1. The van der Waals surface area contributed by atoms with E-state index in [0.717, 1.165) is 17.2 Å². The summed E-state index contributed by atoms with van der Waals surface area (Å²) in [6.45, 7) is 4.17. The quantitative estimate of drug-likeness (QED) is 0.776. The van der Waals surface area contributed by atoms with Gasteiger partial charge in [0.05, 0.1) is 0 Å². The van der Waals surface area contributed by atoms with Gasteiger partial charge in [-0.05, 0) is 50.3 Å². The SMILES string of the molecule is Cc1ccc(F)cc1N[C@H](C)C1CC1. The Morgan fingerprint density at radius 2 is 2.14 bits per heavy atom. The molecule has 1 aliphatic rings. The van der Waals surface area contributed by atoms with Gasteiger partial charge in [-0.1, -0.05) is 6.07 Å². The third-order valence-electron chi connectivity index (χ3n) is 2.91. The van der Waals surface area contributed by atoms with E-state index in [1.165, 1.54) is 18.9 Å². The molecule has 1 aromatic rings. The Morgan fingerprint density at radius 3 is 2.79 bits per heavy atom. The molecule has 76 valence electrons. The molecule has 0 bridgehead atoms. The van der Waals surface area contributed by atoms with Crippen molar-refractivity contribution < 1.29 is 4.39 Å². The van der Waals surface area contributed by atoms with E-state index >= 15 is 0 Å². The van der Waals surface area contributed by atoms with Crippen molar-refractivity contribution in [2.24, 2.45) is 5.92 Å². The monoisotopic (exact) mass is 193 g/mol. The molecule has 0 saturated heterocycles. The molecule has 1 atom stereocenters. The second kappa shape index (κ2) is 3.60. The van der Waals surface area contributed by atoms with Crippen LogP contribution < -0.4 is 5.32 Å². The Balaban J connectivity index is 2.10. The number of hydrogen-bond donors (Lipinski definition) is 1. The molecule has 1 aliphatic carbocycles. The zero-order chi connectivity index (χ0) is 10.1. The largest absolute Gasteiger partial charge is 0.382 e. The fraction of sp³-hybridized carbons (Fsp3) is 0.500. The summed E-state index contributed by atoms with van der Waals surface area (Å²) in [5.41, 5.74) is 2.04. The average molecular weight is 193 g/mol. The lowest BCUT2D eigenvalue weighted by Crippen LogP contribution is -2.17. The van der Waals surface area contributed by atoms with Crippen LogP contribution in [0.2, 0.25) is 0 Å². The lowest BCUT2D eigenvalue weighted by Gasteiger charge is -2.16. The maximum atomic E-state index is 13.0. The minimum atomic E-state index is -0.166. The average Bonchev–Trinajstić information content (AvgIpc) is 2.94. The van der Waals surface area contributed by atoms with Crippen LogP contribution in [-0.2, 0) is 0 Å². The Labute approximate surface area is 84.3 Å². The number of benzene rings is 1. The highest BCUT2D eigenvalue weighted by atomic mass is 19.1. The van der Waals surface area contributed by atoms with E-state index in [2.05, 4.69) is 12.2 Å². The van der Waals surface area contributed by atoms with Crippen molar-refractivity contribution in [2.45, 2.75) is 32.7 Å². The fourth-order valence-corrected chi connectivity index (χ4v) is 1.71. The lowest BCUT2D eigenvalue weighted by molar-refractivity contribution is 0.626. The Kier molecular flexibility index (Phi) is 2.44. The van der Waals surface area contributed by atoms with Crippen molar-refractivity contribution >= 4 is 5.69 Å². The molecule has 1 nitrogen and oxygen atoms in total. The minimum Gasteiger partial charge on any atom is -0.382 e. The molecule has 2 rings (SSSR count). The van der Waals surface area contributed by atoms with Crippen molar-refractivity contribution in [1.82, 2.24) is 0 Å².